The summed E-state index contributed by atoms with van der Waals surface area (Å²) in [7, 11) is 1.78. The Balaban J connectivity index is 0.00000144. The number of guanidine groups is 1. The minimum Gasteiger partial charge on any atom is -0.376 e. The largest absolute Gasteiger partial charge is 0.376 e. The molecule has 100 valence electrons. The summed E-state index contributed by atoms with van der Waals surface area (Å²) in [5.74, 6) is 3.01. The van der Waals surface area contributed by atoms with Crippen molar-refractivity contribution in [3.8, 4) is 0 Å². The summed E-state index contributed by atoms with van der Waals surface area (Å²) in [6, 6.07) is 0. The number of ether oxygens (including phenoxy) is 1. The van der Waals surface area contributed by atoms with Crippen LogP contribution in [0.25, 0.3) is 0 Å². The number of rotatable bonds is 3. The molecule has 2 aliphatic rings. The molecule has 2 rings (SSSR count). The van der Waals surface area contributed by atoms with Gasteiger partial charge in [-0.15, -0.1) is 24.0 Å². The van der Waals surface area contributed by atoms with Crippen molar-refractivity contribution in [1.29, 1.82) is 0 Å². The molecule has 1 aliphatic heterocycles. The lowest BCUT2D eigenvalue weighted by Crippen LogP contribution is -2.46. The molecule has 0 amide bonds. The van der Waals surface area contributed by atoms with Crippen LogP contribution in [0.15, 0.2) is 4.99 Å². The highest BCUT2D eigenvalue weighted by Gasteiger charge is 2.36. The maximum absolute atomic E-state index is 6.00. The zero-order valence-corrected chi connectivity index (χ0v) is 13.5. The number of nitrogens with zero attached hydrogens (tertiary/aromatic N) is 2. The molecule has 0 bridgehead atoms. The smallest absolute Gasteiger partial charge is 0.191 e. The van der Waals surface area contributed by atoms with Crippen molar-refractivity contribution in [2.75, 3.05) is 38.2 Å². The quantitative estimate of drug-likeness (QED) is 0.465. The predicted octanol–water partition coefficient (Wildman–Crippen LogP) is 1.54. The van der Waals surface area contributed by atoms with Crippen LogP contribution in [0.2, 0.25) is 0 Å². The molecule has 0 aromatic heterocycles. The van der Waals surface area contributed by atoms with Gasteiger partial charge in [-0.25, -0.2) is 0 Å². The summed E-state index contributed by atoms with van der Waals surface area (Å²) in [5.41, 5.74) is 6.00. The number of hydrogen-bond acceptors (Lipinski definition) is 3. The molecule has 0 aromatic carbocycles. The second-order valence-electron chi connectivity index (χ2n) is 4.51. The van der Waals surface area contributed by atoms with E-state index < -0.39 is 0 Å². The normalized spacial score (nSPS) is 23.8. The van der Waals surface area contributed by atoms with Crippen LogP contribution < -0.4 is 5.73 Å². The average molecular weight is 371 g/mol. The standard InChI is InChI=1S/C11H21N3OS.HI/c1-15-11(3-2-4-11)9-13-10(12)14-5-7-16-8-6-14;/h2-9H2,1H3,(H2,12,13);1H. The molecule has 17 heavy (non-hydrogen) atoms. The third-order valence-corrected chi connectivity index (χ3v) is 4.50. The second-order valence-corrected chi connectivity index (χ2v) is 5.74. The van der Waals surface area contributed by atoms with Crippen molar-refractivity contribution in [3.05, 3.63) is 0 Å². The maximum atomic E-state index is 6.00. The van der Waals surface area contributed by atoms with E-state index in [-0.39, 0.29) is 29.6 Å². The number of thioether (sulfide) groups is 1. The van der Waals surface area contributed by atoms with Crippen LogP contribution in [0.4, 0.5) is 0 Å². The zero-order valence-electron chi connectivity index (χ0n) is 10.4. The fraction of sp³-hybridized carbons (Fsp3) is 0.909. The summed E-state index contributed by atoms with van der Waals surface area (Å²) in [6.45, 7) is 2.78. The Labute approximate surface area is 125 Å². The fourth-order valence-electron chi connectivity index (χ4n) is 2.12. The monoisotopic (exact) mass is 371 g/mol. The van der Waals surface area contributed by atoms with Crippen molar-refractivity contribution in [3.63, 3.8) is 0 Å². The number of nitrogens with two attached hydrogens (primary N) is 1. The third kappa shape index (κ3) is 3.89. The van der Waals surface area contributed by atoms with Gasteiger partial charge < -0.3 is 15.4 Å². The lowest BCUT2D eigenvalue weighted by Gasteiger charge is -2.39. The summed E-state index contributed by atoms with van der Waals surface area (Å²) in [5, 5.41) is 0. The van der Waals surface area contributed by atoms with E-state index in [4.69, 9.17) is 10.5 Å². The molecule has 0 spiro atoms. The molecular weight excluding hydrogens is 349 g/mol. The first-order valence-electron chi connectivity index (χ1n) is 5.93. The van der Waals surface area contributed by atoms with Gasteiger partial charge in [-0.2, -0.15) is 11.8 Å². The summed E-state index contributed by atoms with van der Waals surface area (Å²) in [4.78, 5) is 6.68. The van der Waals surface area contributed by atoms with Crippen molar-refractivity contribution < 1.29 is 4.74 Å². The molecule has 6 heteroatoms. The van der Waals surface area contributed by atoms with E-state index in [1.165, 1.54) is 6.42 Å². The van der Waals surface area contributed by atoms with Crippen LogP contribution in [0.1, 0.15) is 19.3 Å². The molecule has 2 fully saturated rings. The van der Waals surface area contributed by atoms with Crippen molar-refractivity contribution >= 4 is 41.7 Å². The molecule has 1 saturated carbocycles. The number of halogens is 1. The van der Waals surface area contributed by atoms with E-state index in [1.807, 2.05) is 11.8 Å². The molecule has 0 aromatic rings. The van der Waals surface area contributed by atoms with Crippen LogP contribution in [0, 0.1) is 0 Å². The molecule has 1 heterocycles. The van der Waals surface area contributed by atoms with Gasteiger partial charge in [0.1, 0.15) is 0 Å². The number of hydrogen-bond donors (Lipinski definition) is 1. The van der Waals surface area contributed by atoms with Gasteiger partial charge in [0, 0.05) is 31.7 Å². The van der Waals surface area contributed by atoms with E-state index in [1.54, 1.807) is 7.11 Å². The maximum Gasteiger partial charge on any atom is 0.191 e. The zero-order chi connectivity index (χ0) is 11.4. The number of methoxy groups -OCH3 is 1. The average Bonchev–Trinajstić information content (AvgIpc) is 2.29. The van der Waals surface area contributed by atoms with Crippen molar-refractivity contribution in [1.82, 2.24) is 4.90 Å². The predicted molar refractivity (Wildman–Crippen MR) is 84.4 cm³/mol. The van der Waals surface area contributed by atoms with Crippen LogP contribution in [0.3, 0.4) is 0 Å². The highest BCUT2D eigenvalue weighted by molar-refractivity contribution is 14.0. The van der Waals surface area contributed by atoms with Crippen LogP contribution in [0.5, 0.6) is 0 Å². The van der Waals surface area contributed by atoms with Crippen LogP contribution >= 0.6 is 35.7 Å². The van der Waals surface area contributed by atoms with Crippen LogP contribution in [-0.4, -0.2) is 54.7 Å². The van der Waals surface area contributed by atoms with Crippen LogP contribution in [-0.2, 0) is 4.74 Å². The molecule has 0 radical (unpaired) electrons. The summed E-state index contributed by atoms with van der Waals surface area (Å²) in [6.07, 6.45) is 3.50. The lowest BCUT2D eigenvalue weighted by atomic mass is 9.80. The van der Waals surface area contributed by atoms with Gasteiger partial charge in [0.2, 0.25) is 0 Å². The molecule has 0 unspecified atom stereocenters. The first-order valence-corrected chi connectivity index (χ1v) is 7.09. The molecular formula is C11H22IN3OS. The van der Waals surface area contributed by atoms with Gasteiger partial charge in [0.05, 0.1) is 12.1 Å². The van der Waals surface area contributed by atoms with Gasteiger partial charge in [-0.05, 0) is 19.3 Å². The highest BCUT2D eigenvalue weighted by atomic mass is 127. The Morgan fingerprint density at radius 3 is 2.53 bits per heavy atom. The summed E-state index contributed by atoms with van der Waals surface area (Å²) >= 11 is 1.98. The molecule has 1 aliphatic carbocycles. The van der Waals surface area contributed by atoms with Crippen molar-refractivity contribution in [2.45, 2.75) is 24.9 Å². The van der Waals surface area contributed by atoms with E-state index in [9.17, 15) is 0 Å². The minimum atomic E-state index is -0.00480. The minimum absolute atomic E-state index is 0. The van der Waals surface area contributed by atoms with Crippen molar-refractivity contribution in [2.24, 2.45) is 10.7 Å². The SMILES string of the molecule is COC1(CN=C(N)N2CCSCC2)CCC1.I. The Morgan fingerprint density at radius 2 is 2.06 bits per heavy atom. The highest BCUT2D eigenvalue weighted by Crippen LogP contribution is 2.35. The Hall–Kier alpha value is 0.310. The molecule has 0 atom stereocenters. The molecule has 2 N–H and O–H groups in total. The first kappa shape index (κ1) is 15.4. The van der Waals surface area contributed by atoms with Gasteiger partial charge in [0.25, 0.3) is 0 Å². The topological polar surface area (TPSA) is 50.9 Å². The molecule has 1 saturated heterocycles. The number of aliphatic imine (C=N–C) groups is 1. The van der Waals surface area contributed by atoms with Gasteiger partial charge in [-0.3, -0.25) is 4.99 Å². The summed E-state index contributed by atoms with van der Waals surface area (Å²) < 4.78 is 5.53. The van der Waals surface area contributed by atoms with Gasteiger partial charge >= 0.3 is 0 Å². The molecule has 4 nitrogen and oxygen atoms in total. The second kappa shape index (κ2) is 7.04. The van der Waals surface area contributed by atoms with E-state index in [0.717, 1.165) is 44.0 Å². The van der Waals surface area contributed by atoms with E-state index >= 15 is 0 Å². The first-order chi connectivity index (χ1) is 7.76. The van der Waals surface area contributed by atoms with Gasteiger partial charge in [0.15, 0.2) is 5.96 Å². The Morgan fingerprint density at radius 1 is 1.41 bits per heavy atom. The lowest BCUT2D eigenvalue weighted by molar-refractivity contribution is -0.0631. The Bertz CT molecular complexity index is 260. The van der Waals surface area contributed by atoms with Gasteiger partial charge in [-0.1, -0.05) is 0 Å². The fourth-order valence-corrected chi connectivity index (χ4v) is 3.02. The Kier molecular flexibility index (Phi) is 6.36. The van der Waals surface area contributed by atoms with E-state index in [0.29, 0.717) is 5.96 Å². The third-order valence-electron chi connectivity index (χ3n) is 3.56. The van der Waals surface area contributed by atoms with E-state index in [2.05, 4.69) is 9.89 Å².